The van der Waals surface area contributed by atoms with Gasteiger partial charge in [-0.1, -0.05) is 25.5 Å². The molecule has 1 amide bonds. The third-order valence-electron chi connectivity index (χ3n) is 3.24. The maximum Gasteiger partial charge on any atom is 0.573 e. The molecule has 0 spiro atoms. The highest BCUT2D eigenvalue weighted by Crippen LogP contribution is 2.30. The summed E-state index contributed by atoms with van der Waals surface area (Å²) in [6.07, 6.45) is -2.89. The first kappa shape index (κ1) is 18.6. The topological polar surface area (TPSA) is 47.6 Å². The SMILES string of the molecule is CCCCOc1ccc(C(=O)Nc2ccccc2OC(F)(F)F)cc1. The number of alkyl halides is 3. The molecule has 25 heavy (non-hydrogen) atoms. The van der Waals surface area contributed by atoms with Crippen LogP contribution >= 0.6 is 0 Å². The van der Waals surface area contributed by atoms with Crippen molar-refractivity contribution in [1.82, 2.24) is 0 Å². The number of hydrogen-bond acceptors (Lipinski definition) is 3. The van der Waals surface area contributed by atoms with Gasteiger partial charge in [-0.25, -0.2) is 0 Å². The molecule has 2 aromatic rings. The van der Waals surface area contributed by atoms with Gasteiger partial charge in [0.15, 0.2) is 5.75 Å². The summed E-state index contributed by atoms with van der Waals surface area (Å²) >= 11 is 0. The number of amides is 1. The molecule has 0 aromatic heterocycles. The number of unbranched alkanes of at least 4 members (excludes halogenated alkanes) is 1. The summed E-state index contributed by atoms with van der Waals surface area (Å²) in [5, 5.41) is 2.42. The van der Waals surface area contributed by atoms with Crippen LogP contribution in [0.4, 0.5) is 18.9 Å². The number of anilines is 1. The number of para-hydroxylation sites is 2. The molecular formula is C18H18F3NO3. The van der Waals surface area contributed by atoms with Crippen molar-refractivity contribution in [2.75, 3.05) is 11.9 Å². The van der Waals surface area contributed by atoms with Crippen LogP contribution in [0.1, 0.15) is 30.1 Å². The molecule has 0 aliphatic carbocycles. The summed E-state index contributed by atoms with van der Waals surface area (Å²) in [6.45, 7) is 2.64. The van der Waals surface area contributed by atoms with Crippen LogP contribution in [0.2, 0.25) is 0 Å². The van der Waals surface area contributed by atoms with Crippen LogP contribution in [-0.2, 0) is 0 Å². The van der Waals surface area contributed by atoms with E-state index in [0.29, 0.717) is 17.9 Å². The molecule has 2 rings (SSSR count). The fraction of sp³-hybridized carbons (Fsp3) is 0.278. The third-order valence-corrected chi connectivity index (χ3v) is 3.24. The maximum atomic E-state index is 12.4. The minimum Gasteiger partial charge on any atom is -0.494 e. The molecule has 134 valence electrons. The van der Waals surface area contributed by atoms with E-state index < -0.39 is 18.0 Å². The number of carbonyl (C=O) groups is 1. The lowest BCUT2D eigenvalue weighted by Crippen LogP contribution is -2.19. The first-order chi connectivity index (χ1) is 11.9. The van der Waals surface area contributed by atoms with Crippen molar-refractivity contribution >= 4 is 11.6 Å². The van der Waals surface area contributed by atoms with Gasteiger partial charge in [0.1, 0.15) is 5.75 Å². The molecule has 0 aliphatic heterocycles. The minimum absolute atomic E-state index is 0.0619. The number of halogens is 3. The molecule has 0 heterocycles. The summed E-state index contributed by atoms with van der Waals surface area (Å²) in [4.78, 5) is 12.2. The standard InChI is InChI=1S/C18H18F3NO3/c1-2-3-12-24-14-10-8-13(9-11-14)17(23)22-15-6-4-5-7-16(15)25-18(19,20)21/h4-11H,2-3,12H2,1H3,(H,22,23). The Kier molecular flexibility index (Phi) is 6.27. The molecule has 1 N–H and O–H groups in total. The highest BCUT2D eigenvalue weighted by Gasteiger charge is 2.32. The Hall–Kier alpha value is -2.70. The van der Waals surface area contributed by atoms with E-state index in [1.807, 2.05) is 0 Å². The van der Waals surface area contributed by atoms with Crippen LogP contribution < -0.4 is 14.8 Å². The third kappa shape index (κ3) is 6.02. The van der Waals surface area contributed by atoms with Crippen molar-refractivity contribution in [3.8, 4) is 11.5 Å². The number of benzene rings is 2. The van der Waals surface area contributed by atoms with Crippen LogP contribution in [0.3, 0.4) is 0 Å². The predicted octanol–water partition coefficient (Wildman–Crippen LogP) is 5.02. The van der Waals surface area contributed by atoms with E-state index in [1.165, 1.54) is 18.2 Å². The van der Waals surface area contributed by atoms with Crippen molar-refractivity contribution in [3.63, 3.8) is 0 Å². The monoisotopic (exact) mass is 353 g/mol. The van der Waals surface area contributed by atoms with Crippen LogP contribution in [0.5, 0.6) is 11.5 Å². The molecule has 0 saturated heterocycles. The molecule has 7 heteroatoms. The van der Waals surface area contributed by atoms with Gasteiger partial charge >= 0.3 is 6.36 Å². The highest BCUT2D eigenvalue weighted by atomic mass is 19.4. The van der Waals surface area contributed by atoms with Gasteiger partial charge in [-0.2, -0.15) is 0 Å². The Morgan fingerprint density at radius 1 is 1.08 bits per heavy atom. The Bertz CT molecular complexity index is 699. The lowest BCUT2D eigenvalue weighted by molar-refractivity contribution is -0.274. The van der Waals surface area contributed by atoms with Gasteiger partial charge in [-0.3, -0.25) is 4.79 Å². The molecule has 0 fully saturated rings. The van der Waals surface area contributed by atoms with Crippen LogP contribution in [0.25, 0.3) is 0 Å². The lowest BCUT2D eigenvalue weighted by atomic mass is 10.2. The van der Waals surface area contributed by atoms with Gasteiger partial charge < -0.3 is 14.8 Å². The van der Waals surface area contributed by atoms with Crippen molar-refractivity contribution in [1.29, 1.82) is 0 Å². The molecular weight excluding hydrogens is 335 g/mol. The van der Waals surface area contributed by atoms with E-state index >= 15 is 0 Å². The fourth-order valence-electron chi connectivity index (χ4n) is 2.01. The Morgan fingerprint density at radius 3 is 2.40 bits per heavy atom. The molecule has 0 atom stereocenters. The smallest absolute Gasteiger partial charge is 0.494 e. The summed E-state index contributed by atoms with van der Waals surface area (Å²) in [5.41, 5.74) is 0.234. The van der Waals surface area contributed by atoms with E-state index in [4.69, 9.17) is 4.74 Å². The van der Waals surface area contributed by atoms with Crippen molar-refractivity contribution in [2.45, 2.75) is 26.1 Å². The molecule has 0 radical (unpaired) electrons. The molecule has 0 unspecified atom stereocenters. The second kappa shape index (κ2) is 8.41. The molecule has 0 saturated carbocycles. The normalized spacial score (nSPS) is 11.0. The van der Waals surface area contributed by atoms with Gasteiger partial charge in [0.25, 0.3) is 5.91 Å². The fourth-order valence-corrected chi connectivity index (χ4v) is 2.01. The van der Waals surface area contributed by atoms with Crippen molar-refractivity contribution in [3.05, 3.63) is 54.1 Å². The first-order valence-corrected chi connectivity index (χ1v) is 7.78. The number of rotatable bonds is 7. The zero-order valence-electron chi connectivity index (χ0n) is 13.6. The quantitative estimate of drug-likeness (QED) is 0.711. The van der Waals surface area contributed by atoms with E-state index in [9.17, 15) is 18.0 Å². The Morgan fingerprint density at radius 2 is 1.76 bits per heavy atom. The number of carbonyl (C=O) groups excluding carboxylic acids is 1. The minimum atomic E-state index is -4.84. The maximum absolute atomic E-state index is 12.4. The Labute approximate surface area is 143 Å². The van der Waals surface area contributed by atoms with E-state index in [2.05, 4.69) is 17.0 Å². The molecule has 0 bridgehead atoms. The van der Waals surface area contributed by atoms with Gasteiger partial charge in [-0.05, 0) is 42.8 Å². The van der Waals surface area contributed by atoms with Gasteiger partial charge in [0.2, 0.25) is 0 Å². The summed E-state index contributed by atoms with van der Waals surface area (Å²) in [7, 11) is 0. The van der Waals surface area contributed by atoms with Crippen molar-refractivity contribution < 1.29 is 27.4 Å². The number of ether oxygens (including phenoxy) is 2. The summed E-state index contributed by atoms with van der Waals surface area (Å²) < 4.78 is 46.6. The van der Waals surface area contributed by atoms with Crippen LogP contribution in [-0.4, -0.2) is 18.9 Å². The summed E-state index contributed by atoms with van der Waals surface area (Å²) in [5.74, 6) is -0.382. The van der Waals surface area contributed by atoms with Crippen LogP contribution in [0, 0.1) is 0 Å². The number of hydrogen-bond donors (Lipinski definition) is 1. The van der Waals surface area contributed by atoms with Gasteiger partial charge in [0.05, 0.1) is 12.3 Å². The van der Waals surface area contributed by atoms with Crippen LogP contribution in [0.15, 0.2) is 48.5 Å². The van der Waals surface area contributed by atoms with Gasteiger partial charge in [-0.15, -0.1) is 13.2 Å². The zero-order valence-corrected chi connectivity index (χ0v) is 13.6. The average molecular weight is 353 g/mol. The number of nitrogens with one attached hydrogen (secondary N) is 1. The second-order valence-corrected chi connectivity index (χ2v) is 5.22. The van der Waals surface area contributed by atoms with E-state index in [0.717, 1.165) is 18.9 Å². The Balaban J connectivity index is 2.05. The molecule has 2 aromatic carbocycles. The van der Waals surface area contributed by atoms with E-state index in [-0.39, 0.29) is 5.69 Å². The summed E-state index contributed by atoms with van der Waals surface area (Å²) in [6, 6.07) is 11.7. The second-order valence-electron chi connectivity index (χ2n) is 5.22. The highest BCUT2D eigenvalue weighted by molar-refractivity contribution is 6.05. The lowest BCUT2D eigenvalue weighted by Gasteiger charge is -2.14. The predicted molar refractivity (Wildman–Crippen MR) is 87.9 cm³/mol. The average Bonchev–Trinajstić information content (AvgIpc) is 2.56. The van der Waals surface area contributed by atoms with Gasteiger partial charge in [0, 0.05) is 5.56 Å². The zero-order chi connectivity index (χ0) is 18.3. The molecule has 4 nitrogen and oxygen atoms in total. The van der Waals surface area contributed by atoms with Crippen molar-refractivity contribution in [2.24, 2.45) is 0 Å². The molecule has 0 aliphatic rings. The first-order valence-electron chi connectivity index (χ1n) is 7.78. The van der Waals surface area contributed by atoms with E-state index in [1.54, 1.807) is 24.3 Å². The largest absolute Gasteiger partial charge is 0.573 e.